The van der Waals surface area contributed by atoms with E-state index in [1.165, 1.54) is 23.7 Å². The molecule has 0 saturated carbocycles. The van der Waals surface area contributed by atoms with Crippen LogP contribution in [-0.2, 0) is 11.3 Å². The molecule has 0 aliphatic rings. The number of nitrogens with zero attached hydrogens (tertiary/aromatic N) is 4. The summed E-state index contributed by atoms with van der Waals surface area (Å²) in [6.45, 7) is 2.56. The van der Waals surface area contributed by atoms with E-state index in [1.54, 1.807) is 10.9 Å². The highest BCUT2D eigenvalue weighted by Gasteiger charge is 2.13. The standard InChI is InChI=1S/C21H19N5OS/c1-15-7-9-17(10-8-15)26-20-18(12-25-26)21(24-14-23-20)28-13-19(27)22-11-16-5-3-2-4-6-16/h2-10,12,14H,11,13H2,1H3,(H,22,27). The topological polar surface area (TPSA) is 72.7 Å². The number of hydrogen-bond donors (Lipinski definition) is 1. The minimum Gasteiger partial charge on any atom is -0.351 e. The van der Waals surface area contributed by atoms with E-state index in [0.717, 1.165) is 27.3 Å². The number of rotatable bonds is 6. The van der Waals surface area contributed by atoms with Gasteiger partial charge in [0.2, 0.25) is 5.91 Å². The second kappa shape index (κ2) is 8.22. The minimum absolute atomic E-state index is 0.0356. The highest BCUT2D eigenvalue weighted by atomic mass is 32.2. The van der Waals surface area contributed by atoms with E-state index in [9.17, 15) is 4.79 Å². The summed E-state index contributed by atoms with van der Waals surface area (Å²) in [6.07, 6.45) is 3.26. The largest absolute Gasteiger partial charge is 0.351 e. The average molecular weight is 389 g/mol. The molecule has 7 heteroatoms. The van der Waals surface area contributed by atoms with Crippen molar-refractivity contribution in [1.29, 1.82) is 0 Å². The summed E-state index contributed by atoms with van der Waals surface area (Å²) < 4.78 is 1.79. The number of carbonyl (C=O) groups excluding carboxylic acids is 1. The van der Waals surface area contributed by atoms with Gasteiger partial charge >= 0.3 is 0 Å². The highest BCUT2D eigenvalue weighted by molar-refractivity contribution is 8.00. The van der Waals surface area contributed by atoms with Crippen LogP contribution in [0.25, 0.3) is 16.7 Å². The van der Waals surface area contributed by atoms with E-state index >= 15 is 0 Å². The summed E-state index contributed by atoms with van der Waals surface area (Å²) in [5, 5.41) is 8.97. The van der Waals surface area contributed by atoms with Crippen LogP contribution in [0.2, 0.25) is 0 Å². The number of nitrogens with one attached hydrogen (secondary N) is 1. The molecule has 2 aromatic heterocycles. The fourth-order valence-electron chi connectivity index (χ4n) is 2.79. The Balaban J connectivity index is 1.46. The molecule has 140 valence electrons. The molecule has 0 spiro atoms. The number of carbonyl (C=O) groups is 1. The molecule has 0 fully saturated rings. The Hall–Kier alpha value is -3.19. The van der Waals surface area contributed by atoms with Crippen LogP contribution in [0.3, 0.4) is 0 Å². The zero-order chi connectivity index (χ0) is 19.3. The molecule has 0 atom stereocenters. The number of thioether (sulfide) groups is 1. The van der Waals surface area contributed by atoms with Gasteiger partial charge in [-0.15, -0.1) is 0 Å². The van der Waals surface area contributed by atoms with Crippen molar-refractivity contribution < 1.29 is 4.79 Å². The van der Waals surface area contributed by atoms with Gasteiger partial charge in [0.15, 0.2) is 5.65 Å². The first-order valence-corrected chi connectivity index (χ1v) is 9.88. The van der Waals surface area contributed by atoms with Crippen molar-refractivity contribution in [3.63, 3.8) is 0 Å². The molecule has 0 saturated heterocycles. The van der Waals surface area contributed by atoms with E-state index in [4.69, 9.17) is 0 Å². The molecule has 0 aliphatic carbocycles. The minimum atomic E-state index is -0.0356. The molecular weight excluding hydrogens is 370 g/mol. The van der Waals surface area contributed by atoms with Gasteiger partial charge in [-0.2, -0.15) is 5.10 Å². The summed E-state index contributed by atoms with van der Waals surface area (Å²) in [6, 6.07) is 17.9. The van der Waals surface area contributed by atoms with Gasteiger partial charge in [-0.05, 0) is 24.6 Å². The summed E-state index contributed by atoms with van der Waals surface area (Å²) in [4.78, 5) is 20.9. The SMILES string of the molecule is Cc1ccc(-n2ncc3c(SCC(=O)NCc4ccccc4)ncnc32)cc1. The average Bonchev–Trinajstić information content (AvgIpc) is 3.17. The first-order valence-electron chi connectivity index (χ1n) is 8.90. The van der Waals surface area contributed by atoms with E-state index in [-0.39, 0.29) is 11.7 Å². The van der Waals surface area contributed by atoms with E-state index in [0.29, 0.717) is 6.54 Å². The molecule has 2 heterocycles. The Kier molecular flexibility index (Phi) is 5.34. The molecule has 0 aliphatic heterocycles. The number of aromatic nitrogens is 4. The number of amides is 1. The van der Waals surface area contributed by atoms with Gasteiger partial charge in [0.25, 0.3) is 0 Å². The molecule has 4 aromatic rings. The van der Waals surface area contributed by atoms with Crippen molar-refractivity contribution in [2.45, 2.75) is 18.5 Å². The zero-order valence-electron chi connectivity index (χ0n) is 15.4. The molecule has 28 heavy (non-hydrogen) atoms. The first kappa shape index (κ1) is 18.2. The molecule has 2 aromatic carbocycles. The predicted octanol–water partition coefficient (Wildman–Crippen LogP) is 3.53. The van der Waals surface area contributed by atoms with Gasteiger partial charge in [-0.1, -0.05) is 59.8 Å². The molecule has 0 radical (unpaired) electrons. The van der Waals surface area contributed by atoms with Crippen molar-refractivity contribution in [3.8, 4) is 5.69 Å². The van der Waals surface area contributed by atoms with Crippen LogP contribution in [0.15, 0.2) is 72.1 Å². The number of aryl methyl sites for hydroxylation is 1. The Bertz CT molecular complexity index is 1090. The summed E-state index contributed by atoms with van der Waals surface area (Å²) in [7, 11) is 0. The third kappa shape index (κ3) is 4.04. The maximum absolute atomic E-state index is 12.2. The Morgan fingerprint density at radius 1 is 1.07 bits per heavy atom. The quantitative estimate of drug-likeness (QED) is 0.403. The van der Waals surface area contributed by atoms with E-state index in [1.807, 2.05) is 61.5 Å². The maximum Gasteiger partial charge on any atom is 0.230 e. The van der Waals surface area contributed by atoms with Crippen molar-refractivity contribution in [1.82, 2.24) is 25.1 Å². The zero-order valence-corrected chi connectivity index (χ0v) is 16.2. The van der Waals surface area contributed by atoms with Gasteiger partial charge < -0.3 is 5.32 Å². The van der Waals surface area contributed by atoms with Gasteiger partial charge in [-0.3, -0.25) is 4.79 Å². The van der Waals surface area contributed by atoms with Crippen LogP contribution in [0, 0.1) is 6.92 Å². The molecule has 1 amide bonds. The fraction of sp³-hybridized carbons (Fsp3) is 0.143. The Morgan fingerprint density at radius 2 is 1.86 bits per heavy atom. The summed E-state index contributed by atoms with van der Waals surface area (Å²) in [5.41, 5.74) is 3.93. The summed E-state index contributed by atoms with van der Waals surface area (Å²) in [5.74, 6) is 0.251. The van der Waals surface area contributed by atoms with Crippen LogP contribution >= 0.6 is 11.8 Å². The van der Waals surface area contributed by atoms with Gasteiger partial charge in [0.05, 0.1) is 23.0 Å². The second-order valence-electron chi connectivity index (χ2n) is 6.36. The van der Waals surface area contributed by atoms with Crippen LogP contribution in [0.5, 0.6) is 0 Å². The third-order valence-electron chi connectivity index (χ3n) is 4.28. The van der Waals surface area contributed by atoms with Crippen molar-refractivity contribution in [2.24, 2.45) is 0 Å². The third-order valence-corrected chi connectivity index (χ3v) is 5.29. The maximum atomic E-state index is 12.2. The lowest BCUT2D eigenvalue weighted by molar-refractivity contribution is -0.118. The fourth-order valence-corrected chi connectivity index (χ4v) is 3.59. The second-order valence-corrected chi connectivity index (χ2v) is 7.32. The van der Waals surface area contributed by atoms with Crippen LogP contribution in [0.4, 0.5) is 0 Å². The Morgan fingerprint density at radius 3 is 2.64 bits per heavy atom. The predicted molar refractivity (Wildman–Crippen MR) is 110 cm³/mol. The van der Waals surface area contributed by atoms with Crippen LogP contribution in [0.1, 0.15) is 11.1 Å². The van der Waals surface area contributed by atoms with Crippen LogP contribution < -0.4 is 5.32 Å². The number of hydrogen-bond acceptors (Lipinski definition) is 5. The Labute approximate surface area is 167 Å². The highest BCUT2D eigenvalue weighted by Crippen LogP contribution is 2.25. The molecular formula is C21H19N5OS. The lowest BCUT2D eigenvalue weighted by Gasteiger charge is -2.06. The van der Waals surface area contributed by atoms with E-state index < -0.39 is 0 Å². The number of fused-ring (bicyclic) bond motifs is 1. The lowest BCUT2D eigenvalue weighted by Crippen LogP contribution is -2.24. The first-order chi connectivity index (χ1) is 13.7. The normalized spacial score (nSPS) is 10.9. The van der Waals surface area contributed by atoms with Crippen molar-refractivity contribution in [3.05, 3.63) is 78.2 Å². The lowest BCUT2D eigenvalue weighted by atomic mass is 10.2. The van der Waals surface area contributed by atoms with Gasteiger partial charge in [0.1, 0.15) is 11.4 Å². The van der Waals surface area contributed by atoms with Gasteiger partial charge in [-0.25, -0.2) is 14.6 Å². The molecule has 0 unspecified atom stereocenters. The van der Waals surface area contributed by atoms with E-state index in [2.05, 4.69) is 20.4 Å². The number of benzene rings is 2. The van der Waals surface area contributed by atoms with Crippen molar-refractivity contribution in [2.75, 3.05) is 5.75 Å². The summed E-state index contributed by atoms with van der Waals surface area (Å²) >= 11 is 1.39. The smallest absolute Gasteiger partial charge is 0.230 e. The van der Waals surface area contributed by atoms with Crippen molar-refractivity contribution >= 4 is 28.7 Å². The molecule has 0 bridgehead atoms. The molecule has 4 rings (SSSR count). The van der Waals surface area contributed by atoms with Crippen LogP contribution in [-0.4, -0.2) is 31.4 Å². The molecule has 6 nitrogen and oxygen atoms in total. The van der Waals surface area contributed by atoms with Gasteiger partial charge in [0, 0.05) is 6.54 Å². The monoisotopic (exact) mass is 389 g/mol. The molecule has 1 N–H and O–H groups in total.